The van der Waals surface area contributed by atoms with Crippen molar-refractivity contribution in [3.63, 3.8) is 0 Å². The number of nitrogens with one attached hydrogen (secondary N) is 1. The van der Waals surface area contributed by atoms with Gasteiger partial charge in [0.1, 0.15) is 11.3 Å². The summed E-state index contributed by atoms with van der Waals surface area (Å²) in [4.78, 5) is 16.5. The maximum atomic E-state index is 12.8. The Hall–Kier alpha value is -2.05. The maximum Gasteiger partial charge on any atom is 0.417 e. The van der Waals surface area contributed by atoms with E-state index in [0.717, 1.165) is 25.1 Å². The van der Waals surface area contributed by atoms with Gasteiger partial charge in [-0.15, -0.1) is 0 Å². The van der Waals surface area contributed by atoms with Crippen LogP contribution in [0.1, 0.15) is 41.5 Å². The van der Waals surface area contributed by atoms with Crippen LogP contribution in [0, 0.1) is 0 Å². The van der Waals surface area contributed by atoms with Gasteiger partial charge in [-0.25, -0.2) is 4.98 Å². The monoisotopic (exact) mass is 297 g/mol. The molecule has 2 aromatic heterocycles. The van der Waals surface area contributed by atoms with Gasteiger partial charge < -0.3 is 5.32 Å². The summed E-state index contributed by atoms with van der Waals surface area (Å²) in [6.07, 6.45) is -1.20. The zero-order valence-electron chi connectivity index (χ0n) is 11.4. The van der Waals surface area contributed by atoms with Gasteiger partial charge in [0, 0.05) is 12.2 Å². The Bertz CT molecular complexity index is 701. The summed E-state index contributed by atoms with van der Waals surface area (Å²) >= 11 is 0. The molecule has 1 aliphatic carbocycles. The Morgan fingerprint density at radius 3 is 2.71 bits per heavy atom. The highest BCUT2D eigenvalue weighted by atomic mass is 19.4. The molecule has 0 unspecified atom stereocenters. The number of hydrogen-bond acceptors (Lipinski definition) is 2. The van der Waals surface area contributed by atoms with Crippen LogP contribution in [0.5, 0.6) is 0 Å². The molecule has 2 heterocycles. The number of carbonyl (C=O) groups is 1. The van der Waals surface area contributed by atoms with E-state index in [9.17, 15) is 18.0 Å². The third-order valence-electron chi connectivity index (χ3n) is 3.48. The Labute approximate surface area is 119 Å². The molecule has 1 amide bonds. The third-order valence-corrected chi connectivity index (χ3v) is 3.48. The van der Waals surface area contributed by atoms with E-state index in [1.807, 2.05) is 6.92 Å². The number of alkyl halides is 3. The highest BCUT2D eigenvalue weighted by Crippen LogP contribution is 2.30. The SMILES string of the molecule is CCc1nc2ccc(C(F)(F)F)cn2c1C(=O)NC1CC1. The number of rotatable bonds is 3. The van der Waals surface area contributed by atoms with Crippen LogP contribution in [-0.4, -0.2) is 21.3 Å². The summed E-state index contributed by atoms with van der Waals surface area (Å²) in [6.45, 7) is 1.82. The Kier molecular flexibility index (Phi) is 3.15. The number of carbonyl (C=O) groups excluding carboxylic acids is 1. The van der Waals surface area contributed by atoms with E-state index in [1.165, 1.54) is 10.5 Å². The zero-order valence-corrected chi connectivity index (χ0v) is 11.4. The minimum Gasteiger partial charge on any atom is -0.348 e. The average Bonchev–Trinajstić information content (AvgIpc) is 3.14. The molecule has 0 aliphatic heterocycles. The second kappa shape index (κ2) is 4.75. The molecule has 2 aromatic rings. The highest BCUT2D eigenvalue weighted by Gasteiger charge is 2.32. The van der Waals surface area contributed by atoms with Gasteiger partial charge in [0.15, 0.2) is 0 Å². The molecule has 0 radical (unpaired) electrons. The van der Waals surface area contributed by atoms with Crippen LogP contribution in [0.4, 0.5) is 13.2 Å². The van der Waals surface area contributed by atoms with Crippen molar-refractivity contribution in [2.24, 2.45) is 0 Å². The Balaban J connectivity index is 2.12. The van der Waals surface area contributed by atoms with Crippen molar-refractivity contribution < 1.29 is 18.0 Å². The van der Waals surface area contributed by atoms with Gasteiger partial charge in [0.2, 0.25) is 0 Å². The maximum absolute atomic E-state index is 12.8. The quantitative estimate of drug-likeness (QED) is 0.947. The fourth-order valence-electron chi connectivity index (χ4n) is 2.23. The van der Waals surface area contributed by atoms with Crippen molar-refractivity contribution in [2.75, 3.05) is 0 Å². The van der Waals surface area contributed by atoms with Crippen molar-refractivity contribution in [3.8, 4) is 0 Å². The number of hydrogen-bond donors (Lipinski definition) is 1. The van der Waals surface area contributed by atoms with Crippen LogP contribution in [0.2, 0.25) is 0 Å². The molecular weight excluding hydrogens is 283 g/mol. The van der Waals surface area contributed by atoms with Crippen LogP contribution < -0.4 is 5.32 Å². The fourth-order valence-corrected chi connectivity index (χ4v) is 2.23. The second-order valence-corrected chi connectivity index (χ2v) is 5.15. The van der Waals surface area contributed by atoms with Gasteiger partial charge in [-0.05, 0) is 31.4 Å². The average molecular weight is 297 g/mol. The van der Waals surface area contributed by atoms with Crippen LogP contribution in [-0.2, 0) is 12.6 Å². The van der Waals surface area contributed by atoms with Gasteiger partial charge in [-0.1, -0.05) is 6.92 Å². The predicted octanol–water partition coefficient (Wildman–Crippen LogP) is 2.81. The predicted molar refractivity (Wildman–Crippen MR) is 70.1 cm³/mol. The van der Waals surface area contributed by atoms with E-state index < -0.39 is 11.7 Å². The second-order valence-electron chi connectivity index (χ2n) is 5.15. The minimum atomic E-state index is -4.45. The van der Waals surface area contributed by atoms with Crippen LogP contribution >= 0.6 is 0 Å². The topological polar surface area (TPSA) is 46.4 Å². The number of nitrogens with zero attached hydrogens (tertiary/aromatic N) is 2. The van der Waals surface area contributed by atoms with Gasteiger partial charge >= 0.3 is 6.18 Å². The number of aryl methyl sites for hydroxylation is 1. The van der Waals surface area contributed by atoms with E-state index in [0.29, 0.717) is 17.8 Å². The number of halogens is 3. The smallest absolute Gasteiger partial charge is 0.348 e. The van der Waals surface area contributed by atoms with E-state index in [2.05, 4.69) is 10.3 Å². The lowest BCUT2D eigenvalue weighted by Gasteiger charge is -2.09. The molecular formula is C14H14F3N3O. The van der Waals surface area contributed by atoms with Gasteiger partial charge in [-0.2, -0.15) is 13.2 Å². The number of pyridine rings is 1. The summed E-state index contributed by atoms with van der Waals surface area (Å²) in [7, 11) is 0. The Morgan fingerprint density at radius 1 is 1.43 bits per heavy atom. The summed E-state index contributed by atoms with van der Waals surface area (Å²) in [5, 5.41) is 2.80. The molecule has 21 heavy (non-hydrogen) atoms. The largest absolute Gasteiger partial charge is 0.417 e. The molecule has 1 aliphatic rings. The standard InChI is InChI=1S/C14H14F3N3O/c1-2-10-12(13(21)18-9-4-5-9)20-7-8(14(15,16)17)3-6-11(20)19-10/h3,6-7,9H,2,4-5H2,1H3,(H,18,21). The summed E-state index contributed by atoms with van der Waals surface area (Å²) in [5.74, 6) is -0.360. The molecule has 7 heteroatoms. The lowest BCUT2D eigenvalue weighted by atomic mass is 10.2. The van der Waals surface area contributed by atoms with Gasteiger partial charge in [-0.3, -0.25) is 9.20 Å². The van der Waals surface area contributed by atoms with Crippen molar-refractivity contribution in [3.05, 3.63) is 35.3 Å². The normalized spacial score (nSPS) is 15.4. The highest BCUT2D eigenvalue weighted by molar-refractivity contribution is 5.95. The molecule has 0 aromatic carbocycles. The summed E-state index contributed by atoms with van der Waals surface area (Å²) < 4.78 is 39.7. The molecule has 112 valence electrons. The first kappa shape index (κ1) is 13.9. The summed E-state index contributed by atoms with van der Waals surface area (Å²) in [6, 6.07) is 2.40. The first-order chi connectivity index (χ1) is 9.90. The van der Waals surface area contributed by atoms with Crippen molar-refractivity contribution in [1.82, 2.24) is 14.7 Å². The number of amides is 1. The van der Waals surface area contributed by atoms with Crippen LogP contribution in [0.3, 0.4) is 0 Å². The molecule has 0 bridgehead atoms. The zero-order chi connectivity index (χ0) is 15.2. The lowest BCUT2D eigenvalue weighted by Crippen LogP contribution is -2.27. The van der Waals surface area contributed by atoms with E-state index >= 15 is 0 Å². The molecule has 0 saturated heterocycles. The third kappa shape index (κ3) is 2.59. The molecule has 1 saturated carbocycles. The lowest BCUT2D eigenvalue weighted by molar-refractivity contribution is -0.137. The van der Waals surface area contributed by atoms with Crippen molar-refractivity contribution in [1.29, 1.82) is 0 Å². The minimum absolute atomic E-state index is 0.138. The first-order valence-corrected chi connectivity index (χ1v) is 6.79. The number of aromatic nitrogens is 2. The Morgan fingerprint density at radius 2 is 2.14 bits per heavy atom. The van der Waals surface area contributed by atoms with Gasteiger partial charge in [0.25, 0.3) is 5.91 Å². The molecule has 4 nitrogen and oxygen atoms in total. The molecule has 1 fully saturated rings. The van der Waals surface area contributed by atoms with Crippen molar-refractivity contribution in [2.45, 2.75) is 38.4 Å². The molecule has 1 N–H and O–H groups in total. The first-order valence-electron chi connectivity index (χ1n) is 6.79. The fraction of sp³-hybridized carbons (Fsp3) is 0.429. The van der Waals surface area contributed by atoms with E-state index in [1.54, 1.807) is 0 Å². The summed E-state index contributed by atoms with van der Waals surface area (Å²) in [5.41, 5.74) is 0.259. The van der Waals surface area contributed by atoms with Crippen LogP contribution in [0.25, 0.3) is 5.65 Å². The van der Waals surface area contributed by atoms with E-state index in [-0.39, 0.29) is 17.6 Å². The van der Waals surface area contributed by atoms with E-state index in [4.69, 9.17) is 0 Å². The van der Waals surface area contributed by atoms with Crippen molar-refractivity contribution >= 4 is 11.6 Å². The molecule has 3 rings (SSSR count). The van der Waals surface area contributed by atoms with Gasteiger partial charge in [0.05, 0.1) is 11.3 Å². The number of fused-ring (bicyclic) bond motifs is 1. The van der Waals surface area contributed by atoms with Crippen LogP contribution in [0.15, 0.2) is 18.3 Å². The molecule has 0 spiro atoms. The molecule has 0 atom stereocenters. The number of imidazole rings is 1.